The van der Waals surface area contributed by atoms with Gasteiger partial charge in [-0.1, -0.05) is 6.07 Å². The van der Waals surface area contributed by atoms with Crippen LogP contribution in [0.4, 0.5) is 8.78 Å². The molecule has 21 heavy (non-hydrogen) atoms. The average Bonchev–Trinajstić information content (AvgIpc) is 2.99. The van der Waals surface area contributed by atoms with Gasteiger partial charge in [0.15, 0.2) is 0 Å². The lowest BCUT2D eigenvalue weighted by Crippen LogP contribution is -2.18. The Morgan fingerprint density at radius 2 is 2.00 bits per heavy atom. The van der Waals surface area contributed by atoms with Crippen LogP contribution in [0.2, 0.25) is 0 Å². The molecular formula is C14H12F2N2O2S. The van der Waals surface area contributed by atoms with E-state index in [1.54, 1.807) is 36.6 Å². The van der Waals surface area contributed by atoms with Crippen LogP contribution in [0.25, 0.3) is 0 Å². The number of hydrogen-bond donors (Lipinski definition) is 1. The van der Waals surface area contributed by atoms with Crippen molar-refractivity contribution >= 4 is 23.0 Å². The van der Waals surface area contributed by atoms with E-state index in [0.717, 1.165) is 0 Å². The molecule has 0 atom stereocenters. The standard InChI is InChI=1S/C14H12F2N2O2S/c1-9(17-18-13(19)12-3-2-8-21-12)10-4-6-11(7-5-10)20-14(15)16/h2-8,14H,1H3,(H,18,19)/b17-9+. The summed E-state index contributed by atoms with van der Waals surface area (Å²) >= 11 is 1.32. The van der Waals surface area contributed by atoms with Crippen molar-refractivity contribution in [3.05, 3.63) is 52.2 Å². The van der Waals surface area contributed by atoms with Gasteiger partial charge in [0.1, 0.15) is 5.75 Å². The maximum atomic E-state index is 12.0. The molecule has 0 aliphatic heterocycles. The summed E-state index contributed by atoms with van der Waals surface area (Å²) in [4.78, 5) is 12.3. The van der Waals surface area contributed by atoms with Gasteiger partial charge in [-0.3, -0.25) is 4.79 Å². The van der Waals surface area contributed by atoms with Crippen molar-refractivity contribution in [3.8, 4) is 5.75 Å². The Hall–Kier alpha value is -2.28. The molecule has 1 aromatic carbocycles. The highest BCUT2D eigenvalue weighted by Crippen LogP contribution is 2.15. The Labute approximate surface area is 124 Å². The van der Waals surface area contributed by atoms with Crippen molar-refractivity contribution in [3.63, 3.8) is 0 Å². The van der Waals surface area contributed by atoms with Gasteiger partial charge >= 0.3 is 6.61 Å². The number of carbonyl (C=O) groups is 1. The highest BCUT2D eigenvalue weighted by Gasteiger charge is 2.07. The third-order valence-electron chi connectivity index (χ3n) is 2.57. The summed E-state index contributed by atoms with van der Waals surface area (Å²) in [6, 6.07) is 9.49. The SMILES string of the molecule is C/C(=N\NC(=O)c1cccs1)c1ccc(OC(F)F)cc1. The summed E-state index contributed by atoms with van der Waals surface area (Å²) in [5.74, 6) is -0.217. The Kier molecular flexibility index (Phi) is 4.99. The van der Waals surface area contributed by atoms with E-state index in [-0.39, 0.29) is 11.7 Å². The van der Waals surface area contributed by atoms with Gasteiger partial charge in [-0.05, 0) is 48.2 Å². The van der Waals surface area contributed by atoms with Gasteiger partial charge < -0.3 is 4.74 Å². The highest BCUT2D eigenvalue weighted by molar-refractivity contribution is 7.12. The molecule has 0 unspecified atom stereocenters. The number of hydrogen-bond acceptors (Lipinski definition) is 4. The Morgan fingerprint density at radius 1 is 1.29 bits per heavy atom. The van der Waals surface area contributed by atoms with Crippen LogP contribution < -0.4 is 10.2 Å². The molecule has 0 radical (unpaired) electrons. The molecule has 0 spiro atoms. The molecule has 0 fully saturated rings. The predicted molar refractivity (Wildman–Crippen MR) is 77.1 cm³/mol. The molecule has 0 saturated carbocycles. The van der Waals surface area contributed by atoms with Gasteiger partial charge in [0.05, 0.1) is 10.6 Å². The van der Waals surface area contributed by atoms with Crippen LogP contribution in [0.1, 0.15) is 22.2 Å². The van der Waals surface area contributed by atoms with Crippen LogP contribution in [0, 0.1) is 0 Å². The zero-order valence-electron chi connectivity index (χ0n) is 11.0. The number of benzene rings is 1. The van der Waals surface area contributed by atoms with Crippen LogP contribution in [-0.2, 0) is 0 Å². The van der Waals surface area contributed by atoms with Crippen molar-refractivity contribution in [1.82, 2.24) is 5.43 Å². The molecule has 1 heterocycles. The first-order chi connectivity index (χ1) is 10.1. The van der Waals surface area contributed by atoms with Crippen LogP contribution in [0.5, 0.6) is 5.75 Å². The van der Waals surface area contributed by atoms with E-state index in [1.165, 1.54) is 23.5 Å². The number of nitrogens with zero attached hydrogens (tertiary/aromatic N) is 1. The number of ether oxygens (including phenoxy) is 1. The molecule has 110 valence electrons. The number of alkyl halides is 2. The molecule has 2 aromatic rings. The molecule has 0 aliphatic carbocycles. The molecule has 0 saturated heterocycles. The summed E-state index contributed by atoms with van der Waals surface area (Å²) in [7, 11) is 0. The molecule has 1 N–H and O–H groups in total. The average molecular weight is 310 g/mol. The quantitative estimate of drug-likeness (QED) is 0.679. The number of halogens is 2. The van der Waals surface area contributed by atoms with Crippen LogP contribution >= 0.6 is 11.3 Å². The van der Waals surface area contributed by atoms with Crippen molar-refractivity contribution in [2.75, 3.05) is 0 Å². The molecule has 0 bridgehead atoms. The van der Waals surface area contributed by atoms with Gasteiger partial charge in [0.2, 0.25) is 0 Å². The molecule has 4 nitrogen and oxygen atoms in total. The third-order valence-corrected chi connectivity index (χ3v) is 3.44. The lowest BCUT2D eigenvalue weighted by Gasteiger charge is -2.06. The highest BCUT2D eigenvalue weighted by atomic mass is 32.1. The molecule has 2 rings (SSSR count). The summed E-state index contributed by atoms with van der Waals surface area (Å²) in [6.45, 7) is -1.15. The zero-order chi connectivity index (χ0) is 15.2. The van der Waals surface area contributed by atoms with E-state index in [0.29, 0.717) is 16.2 Å². The fourth-order valence-electron chi connectivity index (χ4n) is 1.54. The van der Waals surface area contributed by atoms with Crippen LogP contribution in [-0.4, -0.2) is 18.2 Å². The van der Waals surface area contributed by atoms with E-state index in [2.05, 4.69) is 15.3 Å². The number of hydrazone groups is 1. The smallest absolute Gasteiger partial charge is 0.387 e. The van der Waals surface area contributed by atoms with Crippen molar-refractivity contribution in [2.45, 2.75) is 13.5 Å². The fraction of sp³-hybridized carbons (Fsp3) is 0.143. The molecule has 7 heteroatoms. The Morgan fingerprint density at radius 3 is 2.57 bits per heavy atom. The maximum Gasteiger partial charge on any atom is 0.387 e. The normalized spacial score (nSPS) is 11.5. The number of amides is 1. The second-order valence-electron chi connectivity index (χ2n) is 4.02. The van der Waals surface area contributed by atoms with Crippen molar-refractivity contribution in [2.24, 2.45) is 5.10 Å². The Bertz CT molecular complexity index is 625. The van der Waals surface area contributed by atoms with E-state index in [9.17, 15) is 13.6 Å². The minimum Gasteiger partial charge on any atom is -0.435 e. The second kappa shape index (κ2) is 6.94. The summed E-state index contributed by atoms with van der Waals surface area (Å²) in [6.07, 6.45) is 0. The van der Waals surface area contributed by atoms with E-state index < -0.39 is 6.61 Å². The van der Waals surface area contributed by atoms with E-state index in [4.69, 9.17) is 0 Å². The summed E-state index contributed by atoms with van der Waals surface area (Å²) < 4.78 is 28.3. The van der Waals surface area contributed by atoms with Gasteiger partial charge in [0.25, 0.3) is 5.91 Å². The molecule has 1 aromatic heterocycles. The number of carbonyl (C=O) groups excluding carboxylic acids is 1. The first kappa shape index (κ1) is 15.1. The Balaban J connectivity index is 2.00. The second-order valence-corrected chi connectivity index (χ2v) is 4.97. The topological polar surface area (TPSA) is 50.7 Å². The fourth-order valence-corrected chi connectivity index (χ4v) is 2.15. The van der Waals surface area contributed by atoms with Crippen molar-refractivity contribution in [1.29, 1.82) is 0 Å². The van der Waals surface area contributed by atoms with Gasteiger partial charge in [-0.2, -0.15) is 13.9 Å². The van der Waals surface area contributed by atoms with Gasteiger partial charge in [-0.25, -0.2) is 5.43 Å². The lowest BCUT2D eigenvalue weighted by molar-refractivity contribution is -0.0498. The monoisotopic (exact) mass is 310 g/mol. The van der Waals surface area contributed by atoms with Crippen molar-refractivity contribution < 1.29 is 18.3 Å². The van der Waals surface area contributed by atoms with Crippen LogP contribution in [0.3, 0.4) is 0 Å². The predicted octanol–water partition coefficient (Wildman–Crippen LogP) is 3.50. The summed E-state index contributed by atoms with van der Waals surface area (Å²) in [5.41, 5.74) is 3.69. The first-order valence-electron chi connectivity index (χ1n) is 5.99. The number of thiophene rings is 1. The lowest BCUT2D eigenvalue weighted by atomic mass is 10.1. The molecular weight excluding hydrogens is 298 g/mol. The largest absolute Gasteiger partial charge is 0.435 e. The number of nitrogens with one attached hydrogen (secondary N) is 1. The zero-order valence-corrected chi connectivity index (χ0v) is 11.9. The molecule has 1 amide bonds. The van der Waals surface area contributed by atoms with Crippen LogP contribution in [0.15, 0.2) is 46.9 Å². The third kappa shape index (κ3) is 4.35. The van der Waals surface area contributed by atoms with Gasteiger partial charge in [-0.15, -0.1) is 11.3 Å². The first-order valence-corrected chi connectivity index (χ1v) is 6.87. The minimum absolute atomic E-state index is 0.0733. The minimum atomic E-state index is -2.85. The van der Waals surface area contributed by atoms with E-state index in [1.807, 2.05) is 0 Å². The molecule has 0 aliphatic rings. The summed E-state index contributed by atoms with van der Waals surface area (Å²) in [5, 5.41) is 5.77. The maximum absolute atomic E-state index is 12.0. The number of rotatable bonds is 5. The van der Waals surface area contributed by atoms with Gasteiger partial charge in [0, 0.05) is 0 Å². The van der Waals surface area contributed by atoms with E-state index >= 15 is 0 Å².